The van der Waals surface area contributed by atoms with E-state index in [0.717, 1.165) is 0 Å². The van der Waals surface area contributed by atoms with Crippen LogP contribution < -0.4 is 4.74 Å². The second-order valence-corrected chi connectivity index (χ2v) is 6.53. The zero-order valence-electron chi connectivity index (χ0n) is 15.6. The summed E-state index contributed by atoms with van der Waals surface area (Å²) in [5.41, 5.74) is 0.147. The monoisotopic (exact) mass is 399 g/mol. The van der Waals surface area contributed by atoms with Crippen molar-refractivity contribution in [3.05, 3.63) is 53.1 Å². The van der Waals surface area contributed by atoms with Gasteiger partial charge in [0.15, 0.2) is 12.6 Å². The van der Waals surface area contributed by atoms with Gasteiger partial charge in [-0.1, -0.05) is 12.1 Å². The maximum absolute atomic E-state index is 13.0. The van der Waals surface area contributed by atoms with Crippen molar-refractivity contribution in [1.29, 1.82) is 0 Å². The number of aldehydes is 2. The first-order valence-electron chi connectivity index (χ1n) is 9.12. The second kappa shape index (κ2) is 9.20. The van der Waals surface area contributed by atoms with Crippen LogP contribution in [-0.2, 0) is 4.74 Å². The van der Waals surface area contributed by atoms with Gasteiger partial charge in [-0.2, -0.15) is 0 Å². The fourth-order valence-corrected chi connectivity index (χ4v) is 3.26. The van der Waals surface area contributed by atoms with Crippen LogP contribution in [0.15, 0.2) is 36.4 Å². The molecule has 8 heteroatoms. The topological polar surface area (TPSA) is 113 Å². The van der Waals surface area contributed by atoms with Gasteiger partial charge in [0.05, 0.1) is 42.6 Å². The molecule has 0 radical (unpaired) electrons. The molecule has 1 saturated heterocycles. The maximum Gasteiger partial charge on any atom is 0.255 e. The Balaban J connectivity index is 1.71. The normalized spacial score (nSPS) is 16.3. The molecule has 1 atom stereocenters. The molecule has 0 saturated carbocycles. The van der Waals surface area contributed by atoms with Gasteiger partial charge in [0.25, 0.3) is 5.91 Å². The van der Waals surface area contributed by atoms with Crippen molar-refractivity contribution in [2.75, 3.05) is 26.4 Å². The molecule has 2 aromatic rings. The number of phenolic OH excluding ortho intramolecular Hbond substituents is 2. The van der Waals surface area contributed by atoms with Crippen LogP contribution in [0.4, 0.5) is 0 Å². The van der Waals surface area contributed by atoms with Crippen LogP contribution in [0.1, 0.15) is 37.5 Å². The van der Waals surface area contributed by atoms with Gasteiger partial charge in [-0.05, 0) is 24.3 Å². The van der Waals surface area contributed by atoms with E-state index in [9.17, 15) is 24.6 Å². The molecule has 3 rings (SSSR count). The lowest BCUT2D eigenvalue weighted by molar-refractivity contribution is -0.00748. The number of ether oxygens (including phenoxy) is 2. The lowest BCUT2D eigenvalue weighted by Gasteiger charge is -2.36. The predicted molar refractivity (Wildman–Crippen MR) is 103 cm³/mol. The van der Waals surface area contributed by atoms with Gasteiger partial charge in [-0.15, -0.1) is 0 Å². The van der Waals surface area contributed by atoms with Crippen molar-refractivity contribution in [1.82, 2.24) is 4.90 Å². The molecule has 0 aromatic heterocycles. The van der Waals surface area contributed by atoms with Crippen molar-refractivity contribution < 1.29 is 34.1 Å². The first kappa shape index (κ1) is 20.3. The minimum absolute atomic E-state index is 0.0469. The van der Waals surface area contributed by atoms with E-state index in [4.69, 9.17) is 9.47 Å². The van der Waals surface area contributed by atoms with Crippen molar-refractivity contribution in [2.45, 2.75) is 12.5 Å². The molecule has 29 heavy (non-hydrogen) atoms. The smallest absolute Gasteiger partial charge is 0.255 e. The van der Waals surface area contributed by atoms with Crippen LogP contribution in [0.3, 0.4) is 0 Å². The molecular formula is C21H21NO7. The Labute approximate surface area is 167 Å². The largest absolute Gasteiger partial charge is 0.507 e. The van der Waals surface area contributed by atoms with Crippen molar-refractivity contribution in [3.63, 3.8) is 0 Å². The Kier molecular flexibility index (Phi) is 6.46. The third kappa shape index (κ3) is 4.38. The predicted octanol–water partition coefficient (Wildman–Crippen LogP) is 2.03. The SMILES string of the molecule is O=Cc1c(O)cccc1OCC[C@@H]1COCCN1C(=O)c1cccc(O)c1C=O. The highest BCUT2D eigenvalue weighted by Gasteiger charge is 2.30. The van der Waals surface area contributed by atoms with E-state index in [1.165, 1.54) is 24.3 Å². The Bertz CT molecular complexity index is 912. The summed E-state index contributed by atoms with van der Waals surface area (Å²) in [5, 5.41) is 19.6. The molecule has 2 aromatic carbocycles. The Morgan fingerprint density at radius 2 is 1.79 bits per heavy atom. The van der Waals surface area contributed by atoms with Crippen molar-refractivity contribution in [3.8, 4) is 17.2 Å². The van der Waals surface area contributed by atoms with E-state index in [1.54, 1.807) is 17.0 Å². The molecule has 1 aliphatic rings. The highest BCUT2D eigenvalue weighted by atomic mass is 16.5. The van der Waals surface area contributed by atoms with Crippen LogP contribution in [0.25, 0.3) is 0 Å². The van der Waals surface area contributed by atoms with Crippen LogP contribution in [0.5, 0.6) is 17.2 Å². The zero-order chi connectivity index (χ0) is 20.8. The van der Waals surface area contributed by atoms with Crippen LogP contribution >= 0.6 is 0 Å². The molecule has 1 heterocycles. The molecule has 152 valence electrons. The highest BCUT2D eigenvalue weighted by molar-refractivity contribution is 6.03. The second-order valence-electron chi connectivity index (χ2n) is 6.53. The fraction of sp³-hybridized carbons (Fsp3) is 0.286. The molecule has 0 bridgehead atoms. The fourth-order valence-electron chi connectivity index (χ4n) is 3.26. The number of carbonyl (C=O) groups is 3. The quantitative estimate of drug-likeness (QED) is 0.685. The summed E-state index contributed by atoms with van der Waals surface area (Å²) in [4.78, 5) is 37.0. The number of rotatable bonds is 7. The zero-order valence-corrected chi connectivity index (χ0v) is 15.6. The van der Waals surface area contributed by atoms with E-state index in [2.05, 4.69) is 0 Å². The van der Waals surface area contributed by atoms with Crippen LogP contribution in [-0.4, -0.2) is 66.0 Å². The number of amides is 1. The Morgan fingerprint density at radius 1 is 1.10 bits per heavy atom. The number of carbonyl (C=O) groups excluding carboxylic acids is 3. The number of nitrogens with zero attached hydrogens (tertiary/aromatic N) is 1. The van der Waals surface area contributed by atoms with Gasteiger partial charge in [0.2, 0.25) is 0 Å². The van der Waals surface area contributed by atoms with E-state index >= 15 is 0 Å². The first-order chi connectivity index (χ1) is 14.1. The summed E-state index contributed by atoms with van der Waals surface area (Å²) in [6.07, 6.45) is 1.39. The summed E-state index contributed by atoms with van der Waals surface area (Å²) in [5.74, 6) is -0.530. The van der Waals surface area contributed by atoms with Gasteiger partial charge < -0.3 is 24.6 Å². The average Bonchev–Trinajstić information content (AvgIpc) is 2.73. The summed E-state index contributed by atoms with van der Waals surface area (Å²) in [7, 11) is 0. The molecule has 0 aliphatic carbocycles. The highest BCUT2D eigenvalue weighted by Crippen LogP contribution is 2.26. The van der Waals surface area contributed by atoms with Crippen LogP contribution in [0.2, 0.25) is 0 Å². The van der Waals surface area contributed by atoms with E-state index in [0.29, 0.717) is 38.8 Å². The van der Waals surface area contributed by atoms with Gasteiger partial charge in [0, 0.05) is 13.0 Å². The summed E-state index contributed by atoms with van der Waals surface area (Å²) >= 11 is 0. The standard InChI is InChI=1S/C21H21NO7/c23-11-16-15(3-1-4-18(16)25)21(27)22-8-10-28-13-14(22)7-9-29-20-6-2-5-19(26)17(20)12-24/h1-6,11-12,14,25-26H,7-10,13H2/t14-/m1/s1. The lowest BCUT2D eigenvalue weighted by Crippen LogP contribution is -2.49. The molecular weight excluding hydrogens is 378 g/mol. The first-order valence-corrected chi connectivity index (χ1v) is 9.12. The Morgan fingerprint density at radius 3 is 2.52 bits per heavy atom. The maximum atomic E-state index is 13.0. The van der Waals surface area contributed by atoms with Gasteiger partial charge >= 0.3 is 0 Å². The number of morpholine rings is 1. The number of benzene rings is 2. The molecule has 0 spiro atoms. The summed E-state index contributed by atoms with van der Waals surface area (Å²) < 4.78 is 11.1. The molecule has 1 fully saturated rings. The Hall–Kier alpha value is -3.39. The van der Waals surface area contributed by atoms with Gasteiger partial charge in [-0.25, -0.2) is 0 Å². The number of phenols is 2. The molecule has 0 unspecified atom stereocenters. The minimum atomic E-state index is -0.373. The number of hydrogen-bond acceptors (Lipinski definition) is 7. The lowest BCUT2D eigenvalue weighted by atomic mass is 10.0. The van der Waals surface area contributed by atoms with Crippen molar-refractivity contribution in [2.24, 2.45) is 0 Å². The minimum Gasteiger partial charge on any atom is -0.507 e. The third-order valence-corrected chi connectivity index (χ3v) is 4.79. The third-order valence-electron chi connectivity index (χ3n) is 4.79. The summed E-state index contributed by atoms with van der Waals surface area (Å²) in [6.45, 7) is 1.18. The van der Waals surface area contributed by atoms with Gasteiger partial charge in [-0.3, -0.25) is 14.4 Å². The molecule has 1 amide bonds. The number of hydrogen-bond donors (Lipinski definition) is 2. The average molecular weight is 399 g/mol. The summed E-state index contributed by atoms with van der Waals surface area (Å²) in [6, 6.07) is 8.59. The van der Waals surface area contributed by atoms with Gasteiger partial charge in [0.1, 0.15) is 17.2 Å². The van der Waals surface area contributed by atoms with Crippen LogP contribution in [0, 0.1) is 0 Å². The molecule has 2 N–H and O–H groups in total. The van der Waals surface area contributed by atoms with E-state index in [-0.39, 0.29) is 52.5 Å². The van der Waals surface area contributed by atoms with E-state index < -0.39 is 0 Å². The van der Waals surface area contributed by atoms with E-state index in [1.807, 2.05) is 0 Å². The number of aromatic hydroxyl groups is 2. The van der Waals surface area contributed by atoms with Crippen molar-refractivity contribution >= 4 is 18.5 Å². The molecule has 8 nitrogen and oxygen atoms in total. The molecule has 1 aliphatic heterocycles.